The fourth-order valence-electron chi connectivity index (χ4n) is 4.12. The van der Waals surface area contributed by atoms with Crippen molar-refractivity contribution in [1.29, 1.82) is 0 Å². The molecule has 1 amide bonds. The van der Waals surface area contributed by atoms with Gasteiger partial charge in [0.2, 0.25) is 5.91 Å². The Labute approximate surface area is 270 Å². The van der Waals surface area contributed by atoms with E-state index in [4.69, 9.17) is 0 Å². The number of amides is 1. The molecule has 2 unspecified atom stereocenters. The van der Waals surface area contributed by atoms with Gasteiger partial charge in [0.05, 0.1) is 18.8 Å². The first kappa shape index (κ1) is 41.0. The maximum Gasteiger partial charge on any atom is 0.220 e. The molecule has 0 aromatic carbocycles. The Morgan fingerprint density at radius 2 is 1.00 bits per heavy atom. The molecular weight excluding hydrogens is 542 g/mol. The van der Waals surface area contributed by atoms with Gasteiger partial charge in [0.1, 0.15) is 0 Å². The van der Waals surface area contributed by atoms with Crippen molar-refractivity contribution in [2.24, 2.45) is 0 Å². The van der Waals surface area contributed by atoms with Crippen LogP contribution >= 0.6 is 0 Å². The lowest BCUT2D eigenvalue weighted by Crippen LogP contribution is -2.45. The zero-order valence-electron chi connectivity index (χ0n) is 27.9. The minimum atomic E-state index is -0.890. The molecule has 0 fully saturated rings. The zero-order chi connectivity index (χ0) is 32.2. The Morgan fingerprint density at radius 3 is 1.50 bits per heavy atom. The molecule has 0 saturated heterocycles. The summed E-state index contributed by atoms with van der Waals surface area (Å²) in [5.41, 5.74) is 0. The van der Waals surface area contributed by atoms with Crippen LogP contribution < -0.4 is 5.32 Å². The van der Waals surface area contributed by atoms with Gasteiger partial charge < -0.3 is 15.5 Å². The highest BCUT2D eigenvalue weighted by molar-refractivity contribution is 5.76. The lowest BCUT2D eigenvalue weighted by Gasteiger charge is -2.19. The minimum Gasteiger partial charge on any atom is -0.394 e. The quantitative estimate of drug-likeness (QED) is 0.0614. The molecule has 0 spiro atoms. The summed E-state index contributed by atoms with van der Waals surface area (Å²) in [6, 6.07) is -0.674. The van der Waals surface area contributed by atoms with Crippen LogP contribution in [0.15, 0.2) is 109 Å². The summed E-state index contributed by atoms with van der Waals surface area (Å²) in [5, 5.41) is 22.7. The molecule has 0 heterocycles. The van der Waals surface area contributed by atoms with Crippen molar-refractivity contribution in [2.45, 2.75) is 129 Å². The molecule has 2 atom stereocenters. The predicted molar refractivity (Wildman–Crippen MR) is 193 cm³/mol. The zero-order valence-corrected chi connectivity index (χ0v) is 27.9. The summed E-state index contributed by atoms with van der Waals surface area (Å²) in [6.07, 6.45) is 53.2. The van der Waals surface area contributed by atoms with Crippen molar-refractivity contribution in [3.63, 3.8) is 0 Å². The maximum atomic E-state index is 12.2. The summed E-state index contributed by atoms with van der Waals surface area (Å²) >= 11 is 0. The summed E-state index contributed by atoms with van der Waals surface area (Å²) in [7, 11) is 0. The Morgan fingerprint density at radius 1 is 0.568 bits per heavy atom. The van der Waals surface area contributed by atoms with Crippen molar-refractivity contribution in [1.82, 2.24) is 5.32 Å². The fraction of sp³-hybridized carbons (Fsp3) is 0.525. The number of hydrogen-bond donors (Lipinski definition) is 3. The molecule has 0 radical (unpaired) electrons. The van der Waals surface area contributed by atoms with Gasteiger partial charge in [-0.2, -0.15) is 0 Å². The number of nitrogens with one attached hydrogen (secondary N) is 1. The molecule has 0 aliphatic heterocycles. The van der Waals surface area contributed by atoms with Gasteiger partial charge in [0, 0.05) is 6.42 Å². The van der Waals surface area contributed by atoms with Crippen LogP contribution in [-0.2, 0) is 4.79 Å². The first-order chi connectivity index (χ1) is 21.7. The Bertz CT molecular complexity index is 917. The van der Waals surface area contributed by atoms with E-state index in [2.05, 4.69) is 116 Å². The molecular formula is C40H63NO3. The van der Waals surface area contributed by atoms with Gasteiger partial charge in [0.25, 0.3) is 0 Å². The van der Waals surface area contributed by atoms with Crippen LogP contribution in [0.2, 0.25) is 0 Å². The largest absolute Gasteiger partial charge is 0.394 e. The summed E-state index contributed by atoms with van der Waals surface area (Å²) in [4.78, 5) is 12.2. The first-order valence-electron chi connectivity index (χ1n) is 17.1. The number of carbonyl (C=O) groups excluding carboxylic acids is 1. The molecule has 0 rings (SSSR count). The first-order valence-corrected chi connectivity index (χ1v) is 17.1. The van der Waals surface area contributed by atoms with Crippen LogP contribution in [0.25, 0.3) is 0 Å². The Balaban J connectivity index is 3.86. The lowest BCUT2D eigenvalue weighted by atomic mass is 10.1. The normalized spacial score (nSPS) is 14.5. The third-order valence-electron chi connectivity index (χ3n) is 6.74. The van der Waals surface area contributed by atoms with Gasteiger partial charge >= 0.3 is 0 Å². The highest BCUT2D eigenvalue weighted by Gasteiger charge is 2.17. The van der Waals surface area contributed by atoms with Crippen molar-refractivity contribution in [3.8, 4) is 0 Å². The molecule has 246 valence electrons. The van der Waals surface area contributed by atoms with E-state index in [0.717, 1.165) is 77.0 Å². The van der Waals surface area contributed by atoms with E-state index in [1.165, 1.54) is 19.3 Å². The van der Waals surface area contributed by atoms with Crippen molar-refractivity contribution < 1.29 is 15.0 Å². The highest BCUT2D eigenvalue weighted by Crippen LogP contribution is 2.05. The highest BCUT2D eigenvalue weighted by atomic mass is 16.3. The third-order valence-corrected chi connectivity index (χ3v) is 6.74. The molecule has 0 aromatic rings. The second-order valence-corrected chi connectivity index (χ2v) is 10.8. The summed E-state index contributed by atoms with van der Waals surface area (Å²) in [6.45, 7) is 4.07. The standard InChI is InChI=1S/C40H63NO3/c1-3-5-7-9-11-13-14-15-16-17-18-19-20-21-22-23-24-25-26-28-30-32-34-36-40(44)41-38(37-42)39(43)35-33-31-29-27-12-10-8-6-4-2/h5,7,11-13,15-16,18-19,21-22,24-25,27-28,30,33,35,38-39,42-43H,3-4,6,8-10,14,17,20,23,26,29,31-32,34,36-37H2,1-2H3,(H,41,44)/b7-5-,13-11-,16-15-,19-18-,22-21-,25-24-,27-12+,30-28-,35-33+. The fourth-order valence-corrected chi connectivity index (χ4v) is 4.12. The van der Waals surface area contributed by atoms with E-state index in [1.54, 1.807) is 6.08 Å². The van der Waals surface area contributed by atoms with Gasteiger partial charge in [-0.3, -0.25) is 4.79 Å². The third kappa shape index (κ3) is 30.5. The molecule has 3 N–H and O–H groups in total. The number of carbonyl (C=O) groups is 1. The minimum absolute atomic E-state index is 0.142. The van der Waals surface area contributed by atoms with Crippen molar-refractivity contribution >= 4 is 5.91 Å². The van der Waals surface area contributed by atoms with Gasteiger partial charge in [-0.15, -0.1) is 0 Å². The van der Waals surface area contributed by atoms with E-state index >= 15 is 0 Å². The molecule has 0 aliphatic rings. The maximum absolute atomic E-state index is 12.2. The van der Waals surface area contributed by atoms with E-state index < -0.39 is 12.1 Å². The van der Waals surface area contributed by atoms with Crippen molar-refractivity contribution in [3.05, 3.63) is 109 Å². The van der Waals surface area contributed by atoms with Crippen LogP contribution in [0.5, 0.6) is 0 Å². The van der Waals surface area contributed by atoms with Gasteiger partial charge in [-0.25, -0.2) is 0 Å². The molecule has 0 aliphatic carbocycles. The van der Waals surface area contributed by atoms with Crippen LogP contribution in [0.4, 0.5) is 0 Å². The average molecular weight is 606 g/mol. The Hall–Kier alpha value is -2.95. The molecule has 4 heteroatoms. The number of unbranched alkanes of at least 4 members (excludes halogenated alkanes) is 5. The van der Waals surface area contributed by atoms with Gasteiger partial charge in [-0.1, -0.05) is 136 Å². The molecule has 0 aromatic heterocycles. The van der Waals surface area contributed by atoms with E-state index in [9.17, 15) is 15.0 Å². The Kier molecular flexibility index (Phi) is 32.2. The number of allylic oxidation sites excluding steroid dienone is 17. The van der Waals surface area contributed by atoms with E-state index in [-0.39, 0.29) is 12.5 Å². The summed E-state index contributed by atoms with van der Waals surface area (Å²) in [5.74, 6) is -0.142. The smallest absolute Gasteiger partial charge is 0.220 e. The lowest BCUT2D eigenvalue weighted by molar-refractivity contribution is -0.122. The van der Waals surface area contributed by atoms with Crippen LogP contribution in [-0.4, -0.2) is 34.9 Å². The molecule has 4 nitrogen and oxygen atoms in total. The molecule has 0 bridgehead atoms. The van der Waals surface area contributed by atoms with E-state index in [1.807, 2.05) is 6.08 Å². The van der Waals surface area contributed by atoms with Crippen LogP contribution in [0.3, 0.4) is 0 Å². The average Bonchev–Trinajstić information content (AvgIpc) is 3.03. The predicted octanol–water partition coefficient (Wildman–Crippen LogP) is 10.1. The van der Waals surface area contributed by atoms with Crippen LogP contribution in [0, 0.1) is 0 Å². The van der Waals surface area contributed by atoms with E-state index in [0.29, 0.717) is 6.42 Å². The molecule has 0 saturated carbocycles. The number of aliphatic hydroxyl groups is 2. The van der Waals surface area contributed by atoms with Crippen molar-refractivity contribution in [2.75, 3.05) is 6.61 Å². The monoisotopic (exact) mass is 605 g/mol. The topological polar surface area (TPSA) is 69.6 Å². The second kappa shape index (κ2) is 34.5. The number of hydrogen-bond acceptors (Lipinski definition) is 3. The summed E-state index contributed by atoms with van der Waals surface area (Å²) < 4.78 is 0. The number of rotatable bonds is 28. The molecule has 44 heavy (non-hydrogen) atoms. The van der Waals surface area contributed by atoms with Gasteiger partial charge in [0.15, 0.2) is 0 Å². The number of aliphatic hydroxyl groups excluding tert-OH is 2. The second-order valence-electron chi connectivity index (χ2n) is 10.8. The SMILES string of the molecule is CC/C=C\C/C=C\C/C=C\C/C=C\C/C=C\C/C=C\C/C=C\CCCC(=O)NC(CO)C(O)/C=C/CC/C=C/CCCCC. The van der Waals surface area contributed by atoms with Crippen LogP contribution in [0.1, 0.15) is 117 Å². The van der Waals surface area contributed by atoms with Gasteiger partial charge in [-0.05, 0) is 83.5 Å².